The van der Waals surface area contributed by atoms with Gasteiger partial charge in [-0.3, -0.25) is 9.32 Å². The summed E-state index contributed by atoms with van der Waals surface area (Å²) in [7, 11) is -4.68. The van der Waals surface area contributed by atoms with E-state index in [9.17, 15) is 9.36 Å². The van der Waals surface area contributed by atoms with Crippen molar-refractivity contribution in [3.8, 4) is 0 Å². The monoisotopic (exact) mass is 264 g/mol. The molecule has 100 valence electrons. The second-order valence-electron chi connectivity index (χ2n) is 4.95. The topological polar surface area (TPSA) is 83.8 Å². The van der Waals surface area contributed by atoms with E-state index in [1.54, 1.807) is 19.9 Å². The number of Topliss-reactive ketones (excluding diaryl/α,β-unsaturated/α-hetero) is 1. The predicted octanol–water partition coefficient (Wildman–Crippen LogP) is 2.44. The van der Waals surface area contributed by atoms with E-state index in [0.717, 1.165) is 6.42 Å². The van der Waals surface area contributed by atoms with Gasteiger partial charge in [0.15, 0.2) is 5.78 Å². The Morgan fingerprint density at radius 3 is 2.12 bits per heavy atom. The molecule has 6 heteroatoms. The maximum Gasteiger partial charge on any atom is 0.470 e. The van der Waals surface area contributed by atoms with Gasteiger partial charge in [-0.15, -0.1) is 0 Å². The SMILES string of the molecule is CCC=CC(C)(C)C(=O)C(C)(C)OP(=O)(O)O. The van der Waals surface area contributed by atoms with Gasteiger partial charge in [-0.25, -0.2) is 4.57 Å². The molecule has 0 aliphatic heterocycles. The summed E-state index contributed by atoms with van der Waals surface area (Å²) in [6, 6.07) is 0. The first kappa shape index (κ1) is 16.5. The summed E-state index contributed by atoms with van der Waals surface area (Å²) in [5.41, 5.74) is -2.35. The molecule has 0 aromatic rings. The molecule has 0 saturated carbocycles. The highest BCUT2D eigenvalue weighted by molar-refractivity contribution is 7.46. The van der Waals surface area contributed by atoms with Crippen molar-refractivity contribution in [3.05, 3.63) is 12.2 Å². The number of carbonyl (C=O) groups excluding carboxylic acids is 1. The quantitative estimate of drug-likeness (QED) is 0.568. The molecule has 0 atom stereocenters. The van der Waals surface area contributed by atoms with Crippen LogP contribution >= 0.6 is 7.82 Å². The van der Waals surface area contributed by atoms with Crippen LogP contribution < -0.4 is 0 Å². The fourth-order valence-corrected chi connectivity index (χ4v) is 2.28. The van der Waals surface area contributed by atoms with Crippen LogP contribution in [0.5, 0.6) is 0 Å². The van der Waals surface area contributed by atoms with Gasteiger partial charge in [0, 0.05) is 5.41 Å². The maximum atomic E-state index is 12.2. The first-order chi connectivity index (χ1) is 7.42. The minimum Gasteiger partial charge on any atom is -0.303 e. The Kier molecular flexibility index (Phi) is 5.29. The van der Waals surface area contributed by atoms with Crippen molar-refractivity contribution in [2.45, 2.75) is 46.6 Å². The average molecular weight is 264 g/mol. The van der Waals surface area contributed by atoms with Crippen molar-refractivity contribution in [3.63, 3.8) is 0 Å². The number of allylic oxidation sites excluding steroid dienone is 2. The van der Waals surface area contributed by atoms with Gasteiger partial charge in [-0.1, -0.05) is 19.1 Å². The zero-order chi connectivity index (χ0) is 13.9. The number of hydrogen-bond acceptors (Lipinski definition) is 3. The maximum absolute atomic E-state index is 12.2. The average Bonchev–Trinajstić information content (AvgIpc) is 2.09. The van der Waals surface area contributed by atoms with Crippen molar-refractivity contribution >= 4 is 13.6 Å². The van der Waals surface area contributed by atoms with Crippen LogP contribution in [0.1, 0.15) is 41.0 Å². The van der Waals surface area contributed by atoms with Gasteiger partial charge in [0.25, 0.3) is 0 Å². The van der Waals surface area contributed by atoms with Gasteiger partial charge < -0.3 is 9.79 Å². The van der Waals surface area contributed by atoms with Crippen LogP contribution in [-0.2, 0) is 13.9 Å². The molecule has 0 saturated heterocycles. The molecular weight excluding hydrogens is 243 g/mol. The second kappa shape index (κ2) is 5.44. The van der Waals surface area contributed by atoms with Crippen molar-refractivity contribution in [1.29, 1.82) is 0 Å². The molecule has 0 unspecified atom stereocenters. The van der Waals surface area contributed by atoms with Gasteiger partial charge in [-0.05, 0) is 34.1 Å². The highest BCUT2D eigenvalue weighted by atomic mass is 31.2. The van der Waals surface area contributed by atoms with Crippen molar-refractivity contribution in [2.75, 3.05) is 0 Å². The van der Waals surface area contributed by atoms with Crippen LogP contribution in [-0.4, -0.2) is 21.2 Å². The number of phosphoric acid groups is 1. The number of carbonyl (C=O) groups is 1. The highest BCUT2D eigenvalue weighted by Crippen LogP contribution is 2.43. The van der Waals surface area contributed by atoms with E-state index >= 15 is 0 Å². The van der Waals surface area contributed by atoms with E-state index in [4.69, 9.17) is 9.79 Å². The molecule has 0 aromatic carbocycles. The molecule has 0 aromatic heterocycles. The summed E-state index contributed by atoms with van der Waals surface area (Å²) < 4.78 is 15.3. The molecule has 5 nitrogen and oxygen atoms in total. The lowest BCUT2D eigenvalue weighted by Gasteiger charge is -2.31. The summed E-state index contributed by atoms with van der Waals surface area (Å²) in [5.74, 6) is -0.377. The molecule has 17 heavy (non-hydrogen) atoms. The largest absolute Gasteiger partial charge is 0.470 e. The molecule has 0 radical (unpaired) electrons. The number of ketones is 1. The van der Waals surface area contributed by atoms with Crippen LogP contribution in [0, 0.1) is 5.41 Å². The smallest absolute Gasteiger partial charge is 0.303 e. The minimum absolute atomic E-state index is 0.377. The standard InChI is InChI=1S/C11H21O5P/c1-6-7-8-10(2,3)9(12)11(4,5)16-17(13,14)15/h7-8H,6H2,1-5H3,(H2,13,14,15). The van der Waals surface area contributed by atoms with Crippen LogP contribution in [0.4, 0.5) is 0 Å². The van der Waals surface area contributed by atoms with E-state index in [-0.39, 0.29) is 5.78 Å². The van der Waals surface area contributed by atoms with Gasteiger partial charge >= 0.3 is 7.82 Å². The predicted molar refractivity (Wildman–Crippen MR) is 65.4 cm³/mol. The van der Waals surface area contributed by atoms with E-state index < -0.39 is 18.8 Å². The molecule has 0 bridgehead atoms. The summed E-state index contributed by atoms with van der Waals surface area (Å²) in [5, 5.41) is 0. The third kappa shape index (κ3) is 5.59. The van der Waals surface area contributed by atoms with E-state index in [2.05, 4.69) is 4.52 Å². The fraction of sp³-hybridized carbons (Fsp3) is 0.727. The molecule has 0 aliphatic carbocycles. The Morgan fingerprint density at radius 2 is 1.76 bits per heavy atom. The Balaban J connectivity index is 5.03. The molecule has 0 spiro atoms. The van der Waals surface area contributed by atoms with Crippen molar-refractivity contribution in [1.82, 2.24) is 0 Å². The lowest BCUT2D eigenvalue weighted by molar-refractivity contribution is -0.139. The van der Waals surface area contributed by atoms with Gasteiger partial charge in [0.05, 0.1) is 0 Å². The lowest BCUT2D eigenvalue weighted by Crippen LogP contribution is -2.42. The first-order valence-electron chi connectivity index (χ1n) is 5.41. The zero-order valence-electron chi connectivity index (χ0n) is 10.9. The van der Waals surface area contributed by atoms with E-state index in [0.29, 0.717) is 0 Å². The molecule has 0 rings (SSSR count). The minimum atomic E-state index is -4.68. The number of phosphoric ester groups is 1. The molecule has 0 heterocycles. The molecular formula is C11H21O5P. The molecule has 2 N–H and O–H groups in total. The van der Waals surface area contributed by atoms with Crippen molar-refractivity contribution in [2.24, 2.45) is 5.41 Å². The van der Waals surface area contributed by atoms with Crippen LogP contribution in [0.2, 0.25) is 0 Å². The van der Waals surface area contributed by atoms with Gasteiger partial charge in [-0.2, -0.15) is 0 Å². The summed E-state index contributed by atoms with van der Waals surface area (Å²) in [6.07, 6.45) is 4.35. The third-order valence-corrected chi connectivity index (χ3v) is 2.94. The van der Waals surface area contributed by atoms with Gasteiger partial charge in [0.1, 0.15) is 5.60 Å². The fourth-order valence-electron chi connectivity index (χ4n) is 1.60. The van der Waals surface area contributed by atoms with E-state index in [1.165, 1.54) is 13.8 Å². The summed E-state index contributed by atoms with van der Waals surface area (Å²) in [4.78, 5) is 29.7. The Hall–Kier alpha value is -0.480. The van der Waals surface area contributed by atoms with Crippen molar-refractivity contribution < 1.29 is 23.7 Å². The molecule has 0 fully saturated rings. The first-order valence-corrected chi connectivity index (χ1v) is 6.94. The van der Waals surface area contributed by atoms with Crippen LogP contribution in [0.3, 0.4) is 0 Å². The Bertz CT molecular complexity index is 351. The van der Waals surface area contributed by atoms with Crippen LogP contribution in [0.15, 0.2) is 12.2 Å². The Morgan fingerprint density at radius 1 is 1.29 bits per heavy atom. The van der Waals surface area contributed by atoms with Gasteiger partial charge in [0.2, 0.25) is 0 Å². The summed E-state index contributed by atoms with van der Waals surface area (Å²) >= 11 is 0. The highest BCUT2D eigenvalue weighted by Gasteiger charge is 2.42. The normalized spacial score (nSPS) is 14.3. The second-order valence-corrected chi connectivity index (χ2v) is 6.12. The van der Waals surface area contributed by atoms with Crippen LogP contribution in [0.25, 0.3) is 0 Å². The molecule has 0 amide bonds. The molecule has 0 aliphatic rings. The third-order valence-electron chi connectivity index (χ3n) is 2.25. The van der Waals surface area contributed by atoms with E-state index in [1.807, 2.05) is 13.0 Å². The zero-order valence-corrected chi connectivity index (χ0v) is 11.8. The Labute approximate surface area is 102 Å². The number of hydrogen-bond donors (Lipinski definition) is 2. The lowest BCUT2D eigenvalue weighted by atomic mass is 9.80. The number of rotatable bonds is 6. The summed E-state index contributed by atoms with van der Waals surface area (Å²) in [6.45, 7) is 8.03.